The first kappa shape index (κ1) is 43.6. The second-order valence-electron chi connectivity index (χ2n) is 12.3. The Hall–Kier alpha value is -2.43. The number of hydrogen-bond acceptors (Lipinski definition) is 3. The second-order valence-corrected chi connectivity index (χ2v) is 12.3. The van der Waals surface area contributed by atoms with E-state index >= 15 is 0 Å². The van der Waals surface area contributed by atoms with Crippen LogP contribution in [-0.4, -0.2) is 34.9 Å². The largest absolute Gasteiger partial charge is 0.394 e. The Morgan fingerprint density at radius 3 is 1.43 bits per heavy atom. The lowest BCUT2D eigenvalue weighted by atomic mass is 10.0. The van der Waals surface area contributed by atoms with Gasteiger partial charge in [0.1, 0.15) is 0 Å². The molecule has 0 aromatic carbocycles. The highest BCUT2D eigenvalue weighted by atomic mass is 16.3. The van der Waals surface area contributed by atoms with Gasteiger partial charge in [-0.1, -0.05) is 163 Å². The SMILES string of the molecule is CC/C=C\C/C=C\C/C=C\C/C=C\C/C=C\C/C=C\C/C=C\CCCCCCCC(=O)NC(CO)C(O)CCCCCCCCC. The fourth-order valence-electron chi connectivity index (χ4n) is 5.04. The van der Waals surface area contributed by atoms with Crippen LogP contribution in [0, 0.1) is 0 Å². The summed E-state index contributed by atoms with van der Waals surface area (Å²) < 4.78 is 0. The molecular formula is C42H71NO3. The zero-order chi connectivity index (χ0) is 33.6. The minimum Gasteiger partial charge on any atom is -0.394 e. The summed E-state index contributed by atoms with van der Waals surface area (Å²) in [5, 5.41) is 22.8. The molecule has 0 fully saturated rings. The minimum absolute atomic E-state index is 0.0602. The van der Waals surface area contributed by atoms with Crippen LogP contribution in [0.3, 0.4) is 0 Å². The van der Waals surface area contributed by atoms with E-state index in [0.29, 0.717) is 12.8 Å². The molecule has 0 radical (unpaired) electrons. The Labute approximate surface area is 284 Å². The molecule has 0 bridgehead atoms. The van der Waals surface area contributed by atoms with E-state index < -0.39 is 12.1 Å². The molecule has 0 saturated carbocycles. The molecule has 262 valence electrons. The quantitative estimate of drug-likeness (QED) is 0.0508. The third-order valence-corrected chi connectivity index (χ3v) is 7.92. The zero-order valence-corrected chi connectivity index (χ0v) is 29.8. The van der Waals surface area contributed by atoms with Crippen molar-refractivity contribution in [2.45, 2.75) is 167 Å². The van der Waals surface area contributed by atoms with Crippen molar-refractivity contribution in [1.29, 1.82) is 0 Å². The molecule has 0 aromatic heterocycles. The summed E-state index contributed by atoms with van der Waals surface area (Å²) in [7, 11) is 0. The van der Waals surface area contributed by atoms with E-state index in [-0.39, 0.29) is 12.5 Å². The average Bonchev–Trinajstić information content (AvgIpc) is 3.06. The molecule has 0 spiro atoms. The smallest absolute Gasteiger partial charge is 0.220 e. The van der Waals surface area contributed by atoms with E-state index in [4.69, 9.17) is 0 Å². The molecule has 0 heterocycles. The molecule has 0 rings (SSSR count). The van der Waals surface area contributed by atoms with Crippen LogP contribution in [0.5, 0.6) is 0 Å². The number of carbonyl (C=O) groups is 1. The Morgan fingerprint density at radius 2 is 0.957 bits per heavy atom. The van der Waals surface area contributed by atoms with Gasteiger partial charge in [-0.2, -0.15) is 0 Å². The number of hydrogen-bond donors (Lipinski definition) is 3. The Balaban J connectivity index is 3.66. The summed E-state index contributed by atoms with van der Waals surface area (Å²) in [6, 6.07) is -0.549. The molecule has 0 saturated heterocycles. The van der Waals surface area contributed by atoms with Crippen LogP contribution in [0.2, 0.25) is 0 Å². The normalized spacial score (nSPS) is 14.1. The van der Waals surface area contributed by atoms with Gasteiger partial charge in [-0.05, 0) is 70.6 Å². The van der Waals surface area contributed by atoms with Crippen LogP contribution >= 0.6 is 0 Å². The summed E-state index contributed by atoms with van der Waals surface area (Å²) in [5.74, 6) is -0.0602. The highest BCUT2D eigenvalue weighted by molar-refractivity contribution is 5.76. The van der Waals surface area contributed by atoms with Gasteiger partial charge in [-0.15, -0.1) is 0 Å². The van der Waals surface area contributed by atoms with Gasteiger partial charge in [0, 0.05) is 6.42 Å². The van der Waals surface area contributed by atoms with E-state index in [0.717, 1.165) is 83.5 Å². The third-order valence-electron chi connectivity index (χ3n) is 7.92. The van der Waals surface area contributed by atoms with Crippen molar-refractivity contribution < 1.29 is 15.0 Å². The van der Waals surface area contributed by atoms with Gasteiger partial charge in [0.15, 0.2) is 0 Å². The number of carbonyl (C=O) groups excluding carboxylic acids is 1. The monoisotopic (exact) mass is 638 g/mol. The molecule has 2 unspecified atom stereocenters. The summed E-state index contributed by atoms with van der Waals surface area (Å²) >= 11 is 0. The first-order valence-corrected chi connectivity index (χ1v) is 18.8. The number of allylic oxidation sites excluding steroid dienone is 14. The fraction of sp³-hybridized carbons (Fsp3) is 0.643. The molecule has 0 aromatic rings. The van der Waals surface area contributed by atoms with Gasteiger partial charge in [0.2, 0.25) is 5.91 Å². The maximum Gasteiger partial charge on any atom is 0.220 e. The first-order chi connectivity index (χ1) is 22.7. The Morgan fingerprint density at radius 1 is 0.543 bits per heavy atom. The Bertz CT molecular complexity index is 864. The second kappa shape index (κ2) is 37.0. The van der Waals surface area contributed by atoms with Gasteiger partial charge in [0.25, 0.3) is 0 Å². The number of amides is 1. The Kier molecular flexibility index (Phi) is 35.1. The van der Waals surface area contributed by atoms with Gasteiger partial charge in [-0.3, -0.25) is 4.79 Å². The van der Waals surface area contributed by atoms with Crippen LogP contribution in [0.4, 0.5) is 0 Å². The summed E-state index contributed by atoms with van der Waals surface area (Å²) in [5.41, 5.74) is 0. The molecule has 0 aliphatic heterocycles. The van der Waals surface area contributed by atoms with Crippen molar-refractivity contribution in [3.63, 3.8) is 0 Å². The van der Waals surface area contributed by atoms with Crippen LogP contribution in [-0.2, 0) is 4.79 Å². The molecule has 1 amide bonds. The van der Waals surface area contributed by atoms with Gasteiger partial charge in [-0.25, -0.2) is 0 Å². The molecule has 46 heavy (non-hydrogen) atoms. The van der Waals surface area contributed by atoms with Crippen LogP contribution < -0.4 is 5.32 Å². The summed E-state index contributed by atoms with van der Waals surface area (Å²) in [6.45, 7) is 4.17. The molecular weight excluding hydrogens is 566 g/mol. The maximum absolute atomic E-state index is 12.3. The number of rotatable bonds is 32. The van der Waals surface area contributed by atoms with Crippen LogP contribution in [0.25, 0.3) is 0 Å². The molecule has 2 atom stereocenters. The van der Waals surface area contributed by atoms with E-state index in [1.807, 2.05) is 0 Å². The lowest BCUT2D eigenvalue weighted by Gasteiger charge is -2.22. The van der Waals surface area contributed by atoms with Crippen molar-refractivity contribution in [2.75, 3.05) is 6.61 Å². The zero-order valence-electron chi connectivity index (χ0n) is 29.8. The lowest BCUT2D eigenvalue weighted by Crippen LogP contribution is -2.45. The summed E-state index contributed by atoms with van der Waals surface area (Å²) in [4.78, 5) is 12.3. The van der Waals surface area contributed by atoms with E-state index in [1.54, 1.807) is 0 Å². The molecule has 4 nitrogen and oxygen atoms in total. The molecule has 0 aliphatic rings. The van der Waals surface area contributed by atoms with Crippen molar-refractivity contribution in [3.05, 3.63) is 85.1 Å². The van der Waals surface area contributed by atoms with Crippen LogP contribution in [0.15, 0.2) is 85.1 Å². The summed E-state index contributed by atoms with van der Waals surface area (Å²) in [6.07, 6.45) is 53.7. The first-order valence-electron chi connectivity index (χ1n) is 18.8. The fourth-order valence-corrected chi connectivity index (χ4v) is 5.04. The highest BCUT2D eigenvalue weighted by Gasteiger charge is 2.19. The predicted molar refractivity (Wildman–Crippen MR) is 202 cm³/mol. The van der Waals surface area contributed by atoms with E-state index in [1.165, 1.54) is 44.9 Å². The topological polar surface area (TPSA) is 69.6 Å². The lowest BCUT2D eigenvalue weighted by molar-refractivity contribution is -0.123. The maximum atomic E-state index is 12.3. The number of aliphatic hydroxyl groups is 2. The average molecular weight is 638 g/mol. The molecule has 4 heteroatoms. The highest BCUT2D eigenvalue weighted by Crippen LogP contribution is 2.12. The molecule has 0 aliphatic carbocycles. The van der Waals surface area contributed by atoms with E-state index in [2.05, 4.69) is 104 Å². The standard InChI is InChI=1S/C42H71NO3/c1-3-5-7-9-11-12-13-14-15-16-17-18-19-20-21-22-23-24-25-26-27-28-29-30-32-34-36-38-42(46)43-40(39-44)41(45)37-35-33-31-10-8-6-4-2/h5,7,11-12,14-15,17-18,20-21,23-24,26-27,40-41,44-45H,3-4,6,8-10,13,16,19,22,25,28-39H2,1-2H3,(H,43,46)/b7-5-,12-11-,15-14-,18-17-,21-20-,24-23-,27-26-. The van der Waals surface area contributed by atoms with Crippen LogP contribution in [0.1, 0.15) is 155 Å². The van der Waals surface area contributed by atoms with E-state index in [9.17, 15) is 15.0 Å². The number of nitrogens with one attached hydrogen (secondary N) is 1. The van der Waals surface area contributed by atoms with Gasteiger partial charge >= 0.3 is 0 Å². The van der Waals surface area contributed by atoms with Crippen molar-refractivity contribution in [3.8, 4) is 0 Å². The van der Waals surface area contributed by atoms with Gasteiger partial charge < -0.3 is 15.5 Å². The van der Waals surface area contributed by atoms with Crippen molar-refractivity contribution in [2.24, 2.45) is 0 Å². The van der Waals surface area contributed by atoms with Crippen molar-refractivity contribution in [1.82, 2.24) is 5.32 Å². The van der Waals surface area contributed by atoms with Gasteiger partial charge in [0.05, 0.1) is 18.8 Å². The third kappa shape index (κ3) is 32.9. The van der Waals surface area contributed by atoms with Crippen molar-refractivity contribution >= 4 is 5.91 Å². The minimum atomic E-state index is -0.669. The number of aliphatic hydroxyl groups excluding tert-OH is 2. The number of unbranched alkanes of at least 4 members (excludes halogenated alkanes) is 11. The predicted octanol–water partition coefficient (Wildman–Crippen LogP) is 11.3. The molecule has 3 N–H and O–H groups in total.